The molecule has 3 aromatic rings. The van der Waals surface area contributed by atoms with Gasteiger partial charge >= 0.3 is 0 Å². The lowest BCUT2D eigenvalue weighted by Gasteiger charge is -2.04. The second-order valence-corrected chi connectivity index (χ2v) is 6.08. The van der Waals surface area contributed by atoms with Crippen LogP contribution in [0.2, 0.25) is 0 Å². The summed E-state index contributed by atoms with van der Waals surface area (Å²) in [5, 5.41) is 18.3. The molecule has 0 aliphatic heterocycles. The Morgan fingerprint density at radius 3 is 2.33 bits per heavy atom. The molecule has 6 nitrogen and oxygen atoms in total. The number of allylic oxidation sites excluding steroid dienone is 1. The number of benzene rings is 2. The molecule has 0 saturated heterocycles. The lowest BCUT2D eigenvalue weighted by molar-refractivity contribution is -0.253. The number of phenols is 1. The summed E-state index contributed by atoms with van der Waals surface area (Å²) in [7, 11) is 0. The van der Waals surface area contributed by atoms with E-state index in [0.29, 0.717) is 33.8 Å². The molecule has 0 bridgehead atoms. The van der Waals surface area contributed by atoms with E-state index in [4.69, 9.17) is 9.67 Å². The molecule has 27 heavy (non-hydrogen) atoms. The Bertz CT molecular complexity index is 1050. The van der Waals surface area contributed by atoms with E-state index >= 15 is 0 Å². The molecule has 1 aromatic heterocycles. The summed E-state index contributed by atoms with van der Waals surface area (Å²) < 4.78 is 5.73. The molecule has 0 radical (unpaired) electrons. The van der Waals surface area contributed by atoms with Crippen LogP contribution in [0.15, 0.2) is 64.6 Å². The van der Waals surface area contributed by atoms with Gasteiger partial charge in [-0.25, -0.2) is 4.89 Å². The Morgan fingerprint density at radius 2 is 1.67 bits per heavy atom. The second-order valence-electron chi connectivity index (χ2n) is 6.08. The average molecular weight is 362 g/mol. The maximum absolute atomic E-state index is 12.4. The Morgan fingerprint density at radius 1 is 0.963 bits per heavy atom. The number of hydrogen-bond acceptors (Lipinski definition) is 6. The molecule has 6 heteroatoms. The van der Waals surface area contributed by atoms with E-state index in [-0.39, 0.29) is 29.5 Å². The van der Waals surface area contributed by atoms with Gasteiger partial charge in [-0.3, -0.25) is 14.8 Å². The van der Waals surface area contributed by atoms with E-state index in [1.165, 1.54) is 12.1 Å². The molecule has 0 unspecified atom stereocenters. The van der Waals surface area contributed by atoms with Gasteiger partial charge in [0.25, 0.3) is 0 Å². The molecule has 0 atom stereocenters. The fourth-order valence-corrected chi connectivity index (χ4v) is 3.06. The number of rotatable bonds is 4. The van der Waals surface area contributed by atoms with Gasteiger partial charge in [0.05, 0.1) is 5.57 Å². The number of hydrogen-bond donors (Lipinski definition) is 2. The molecule has 4 rings (SSSR count). The van der Waals surface area contributed by atoms with Crippen LogP contribution in [-0.2, 0) is 11.5 Å². The first-order valence-corrected chi connectivity index (χ1v) is 8.17. The predicted molar refractivity (Wildman–Crippen MR) is 96.3 cm³/mol. The third-order valence-electron chi connectivity index (χ3n) is 4.40. The van der Waals surface area contributed by atoms with E-state index < -0.39 is 0 Å². The summed E-state index contributed by atoms with van der Waals surface area (Å²) in [5.74, 6) is 0.196. The monoisotopic (exact) mass is 362 g/mol. The van der Waals surface area contributed by atoms with Crippen LogP contribution in [0.1, 0.15) is 32.0 Å². The van der Waals surface area contributed by atoms with Crippen LogP contribution in [0.5, 0.6) is 5.75 Å². The highest BCUT2D eigenvalue weighted by molar-refractivity contribution is 6.41. The Hall–Kier alpha value is -3.48. The van der Waals surface area contributed by atoms with Crippen molar-refractivity contribution in [1.29, 1.82) is 0 Å². The number of carbonyl (C=O) groups is 2. The van der Waals surface area contributed by atoms with E-state index in [1.807, 2.05) is 0 Å². The first-order valence-electron chi connectivity index (χ1n) is 8.17. The van der Waals surface area contributed by atoms with Crippen molar-refractivity contribution in [2.45, 2.75) is 6.61 Å². The van der Waals surface area contributed by atoms with Crippen LogP contribution in [0, 0.1) is 0 Å². The summed E-state index contributed by atoms with van der Waals surface area (Å²) in [6.07, 6.45) is 1.44. The minimum absolute atomic E-state index is 0.0124. The fourth-order valence-electron chi connectivity index (χ4n) is 3.06. The van der Waals surface area contributed by atoms with Gasteiger partial charge in [-0.1, -0.05) is 24.3 Å². The minimum atomic E-state index is -0.319. The first kappa shape index (κ1) is 17.0. The van der Waals surface area contributed by atoms with Gasteiger partial charge in [0, 0.05) is 22.3 Å². The highest BCUT2D eigenvalue weighted by atomic mass is 17.1. The lowest BCUT2D eigenvalue weighted by Crippen LogP contribution is -1.99. The maximum atomic E-state index is 12.4. The van der Waals surface area contributed by atoms with Crippen LogP contribution < -0.4 is 0 Å². The number of furan rings is 1. The maximum Gasteiger partial charge on any atom is 0.197 e. The average Bonchev–Trinajstić information content (AvgIpc) is 3.24. The molecule has 0 spiro atoms. The molecule has 1 aliphatic rings. The highest BCUT2D eigenvalue weighted by Gasteiger charge is 2.32. The molecule has 1 aliphatic carbocycles. The number of Topliss-reactive ketones (excluding diaryl/α,β-unsaturated/α-hetero) is 2. The first-order chi connectivity index (χ1) is 13.1. The standard InChI is InChI=1S/C21H14O6/c22-18-7-5-12(9-13(18)11-26-25)19-8-6-14(27-19)10-17-20(23)15-3-1-2-4-16(15)21(17)24/h1-10,22,25H,11H2. The van der Waals surface area contributed by atoms with Crippen molar-refractivity contribution in [3.63, 3.8) is 0 Å². The summed E-state index contributed by atoms with van der Waals surface area (Å²) in [4.78, 5) is 29.0. The van der Waals surface area contributed by atoms with Crippen LogP contribution in [0.4, 0.5) is 0 Å². The molecule has 2 aromatic carbocycles. The van der Waals surface area contributed by atoms with Crippen LogP contribution in [0.25, 0.3) is 17.4 Å². The number of fused-ring (bicyclic) bond motifs is 1. The van der Waals surface area contributed by atoms with Gasteiger partial charge in [0.2, 0.25) is 0 Å². The summed E-state index contributed by atoms with van der Waals surface area (Å²) in [6, 6.07) is 14.8. The summed E-state index contributed by atoms with van der Waals surface area (Å²) in [6.45, 7) is -0.168. The zero-order valence-corrected chi connectivity index (χ0v) is 14.0. The molecule has 1 heterocycles. The SMILES string of the molecule is O=C1C(=Cc2ccc(-c3ccc(O)c(COO)c3)o2)C(=O)c2ccccc21. The van der Waals surface area contributed by atoms with Gasteiger partial charge in [-0.2, -0.15) is 0 Å². The number of carbonyl (C=O) groups excluding carboxylic acids is 2. The van der Waals surface area contributed by atoms with E-state index in [9.17, 15) is 14.7 Å². The van der Waals surface area contributed by atoms with Gasteiger partial charge in [0.15, 0.2) is 11.6 Å². The summed E-state index contributed by atoms with van der Waals surface area (Å²) in [5.41, 5.74) is 1.90. The zero-order chi connectivity index (χ0) is 19.0. The van der Waals surface area contributed by atoms with Gasteiger partial charge < -0.3 is 9.52 Å². The predicted octanol–water partition coefficient (Wildman–Crippen LogP) is 4.10. The molecular formula is C21H14O6. The molecule has 0 amide bonds. The van der Waals surface area contributed by atoms with Crippen molar-refractivity contribution in [2.24, 2.45) is 0 Å². The lowest BCUT2D eigenvalue weighted by atomic mass is 10.1. The van der Waals surface area contributed by atoms with Crippen molar-refractivity contribution in [1.82, 2.24) is 0 Å². The Labute approximate surface area is 153 Å². The molecule has 134 valence electrons. The van der Waals surface area contributed by atoms with Crippen molar-refractivity contribution in [3.8, 4) is 17.1 Å². The van der Waals surface area contributed by atoms with Crippen molar-refractivity contribution in [2.75, 3.05) is 0 Å². The molecular weight excluding hydrogens is 348 g/mol. The van der Waals surface area contributed by atoms with E-state index in [1.54, 1.807) is 48.5 Å². The fraction of sp³-hybridized carbons (Fsp3) is 0.0476. The Balaban J connectivity index is 1.66. The zero-order valence-electron chi connectivity index (χ0n) is 14.0. The van der Waals surface area contributed by atoms with Crippen molar-refractivity contribution >= 4 is 17.6 Å². The molecule has 2 N–H and O–H groups in total. The number of ketones is 2. The molecule has 0 fully saturated rings. The minimum Gasteiger partial charge on any atom is -0.508 e. The van der Waals surface area contributed by atoms with Gasteiger partial charge in [-0.05, 0) is 36.4 Å². The van der Waals surface area contributed by atoms with Crippen LogP contribution in [0.3, 0.4) is 0 Å². The second kappa shape index (κ2) is 6.68. The van der Waals surface area contributed by atoms with E-state index in [2.05, 4.69) is 4.89 Å². The Kier molecular flexibility index (Phi) is 4.19. The third kappa shape index (κ3) is 2.97. The number of phenolic OH excluding ortho intramolecular Hbond substituents is 1. The summed E-state index contributed by atoms with van der Waals surface area (Å²) >= 11 is 0. The van der Waals surface area contributed by atoms with E-state index in [0.717, 1.165) is 0 Å². The third-order valence-corrected chi connectivity index (χ3v) is 4.40. The van der Waals surface area contributed by atoms with Gasteiger partial charge in [-0.15, -0.1) is 0 Å². The number of aromatic hydroxyl groups is 1. The smallest absolute Gasteiger partial charge is 0.197 e. The topological polar surface area (TPSA) is 97.0 Å². The normalized spacial score (nSPS) is 13.1. The van der Waals surface area contributed by atoms with Crippen molar-refractivity contribution in [3.05, 3.63) is 82.6 Å². The highest BCUT2D eigenvalue weighted by Crippen LogP contribution is 2.31. The van der Waals surface area contributed by atoms with Gasteiger partial charge in [0.1, 0.15) is 23.9 Å². The van der Waals surface area contributed by atoms with Crippen LogP contribution >= 0.6 is 0 Å². The molecule has 0 saturated carbocycles. The van der Waals surface area contributed by atoms with Crippen molar-refractivity contribution < 1.29 is 29.3 Å². The van der Waals surface area contributed by atoms with Crippen LogP contribution in [-0.4, -0.2) is 21.9 Å². The quantitative estimate of drug-likeness (QED) is 0.314. The largest absolute Gasteiger partial charge is 0.508 e.